The molecular weight excluding hydrogens is 404 g/mol. The van der Waals surface area contributed by atoms with Gasteiger partial charge in [-0.25, -0.2) is 8.78 Å². The zero-order valence-electron chi connectivity index (χ0n) is 17.9. The fourth-order valence-electron chi connectivity index (χ4n) is 3.12. The average molecular weight is 429 g/mol. The number of rotatable bonds is 7. The second-order valence-electron chi connectivity index (χ2n) is 7.61. The number of ether oxygens (including phenoxy) is 1. The minimum Gasteiger partial charge on any atom is -0.491 e. The van der Waals surface area contributed by atoms with E-state index in [9.17, 15) is 18.4 Å². The summed E-state index contributed by atoms with van der Waals surface area (Å²) in [4.78, 5) is 25.6. The minimum absolute atomic E-state index is 0.0683. The molecule has 1 aliphatic rings. The predicted octanol–water partition coefficient (Wildman–Crippen LogP) is 4.95. The summed E-state index contributed by atoms with van der Waals surface area (Å²) in [7, 11) is 0. The van der Waals surface area contributed by atoms with Crippen LogP contribution < -0.4 is 15.1 Å². The molecule has 1 N–H and O–H groups in total. The van der Waals surface area contributed by atoms with Gasteiger partial charge >= 0.3 is 0 Å². The molecule has 0 aliphatic carbocycles. The van der Waals surface area contributed by atoms with Crippen molar-refractivity contribution in [3.8, 4) is 5.75 Å². The highest BCUT2D eigenvalue weighted by Gasteiger charge is 2.40. The molecule has 0 spiro atoms. The van der Waals surface area contributed by atoms with Gasteiger partial charge in [0.2, 0.25) is 5.91 Å². The molecule has 8 heteroatoms. The highest BCUT2D eigenvalue weighted by atomic mass is 19.3. The van der Waals surface area contributed by atoms with Crippen LogP contribution in [0.5, 0.6) is 5.75 Å². The highest BCUT2D eigenvalue weighted by molar-refractivity contribution is 6.28. The molecule has 1 heterocycles. The Balaban J connectivity index is 1.73. The normalized spacial score (nSPS) is 17.4. The van der Waals surface area contributed by atoms with Crippen LogP contribution in [0.1, 0.15) is 39.7 Å². The molecule has 2 unspecified atom stereocenters. The van der Waals surface area contributed by atoms with E-state index in [4.69, 9.17) is 4.74 Å². The Labute approximate surface area is 179 Å². The summed E-state index contributed by atoms with van der Waals surface area (Å²) in [6, 6.07) is 12.3. The second-order valence-corrected chi connectivity index (χ2v) is 7.61. The maximum Gasteiger partial charge on any atom is 0.270 e. The van der Waals surface area contributed by atoms with Gasteiger partial charge < -0.3 is 10.1 Å². The Morgan fingerprint density at radius 1 is 1.26 bits per heavy atom. The van der Waals surface area contributed by atoms with Gasteiger partial charge in [-0.2, -0.15) is 10.1 Å². The number of hydrazone groups is 1. The topological polar surface area (TPSA) is 71.0 Å². The van der Waals surface area contributed by atoms with Gasteiger partial charge in [-0.1, -0.05) is 19.1 Å². The fourth-order valence-corrected chi connectivity index (χ4v) is 3.12. The van der Waals surface area contributed by atoms with Crippen LogP contribution in [0.15, 0.2) is 53.6 Å². The number of carbonyl (C=O) groups excluding carboxylic acids is 2. The molecular formula is C23H25F2N3O3. The summed E-state index contributed by atoms with van der Waals surface area (Å²) in [5, 5.41) is 7.94. The van der Waals surface area contributed by atoms with E-state index in [0.29, 0.717) is 17.1 Å². The Morgan fingerprint density at radius 2 is 1.94 bits per heavy atom. The van der Waals surface area contributed by atoms with E-state index in [2.05, 4.69) is 10.4 Å². The summed E-state index contributed by atoms with van der Waals surface area (Å²) in [6.07, 6.45) is 0.935. The minimum atomic E-state index is -3.04. The SMILES string of the molecule is CCC(C)Oc1ccc(N2N=C(C)C(C(=O)Nc3cccc(C(C)(F)F)c3)C2=O)cc1. The molecule has 0 fully saturated rings. The standard InChI is InChI=1S/C23H25F2N3O3/c1-5-14(2)31-19-11-9-18(10-12-19)28-22(30)20(15(3)27-28)21(29)26-17-8-6-7-16(13-17)23(4,24)25/h6-14,20H,5H2,1-4H3,(H,26,29). The molecule has 2 aromatic carbocycles. The van der Waals surface area contributed by atoms with Crippen molar-refractivity contribution < 1.29 is 23.1 Å². The van der Waals surface area contributed by atoms with Crippen LogP contribution in [0, 0.1) is 5.92 Å². The first-order valence-corrected chi connectivity index (χ1v) is 10.0. The molecule has 0 saturated carbocycles. The third-order valence-electron chi connectivity index (χ3n) is 5.02. The van der Waals surface area contributed by atoms with Crippen LogP contribution in [-0.4, -0.2) is 23.6 Å². The molecule has 0 aromatic heterocycles. The number of amides is 2. The number of nitrogens with one attached hydrogen (secondary N) is 1. The largest absolute Gasteiger partial charge is 0.491 e. The van der Waals surface area contributed by atoms with Crippen molar-refractivity contribution in [1.82, 2.24) is 0 Å². The van der Waals surface area contributed by atoms with E-state index < -0.39 is 23.7 Å². The number of alkyl halides is 2. The number of halogens is 2. The lowest BCUT2D eigenvalue weighted by atomic mass is 10.0. The predicted molar refractivity (Wildman–Crippen MR) is 116 cm³/mol. The van der Waals surface area contributed by atoms with E-state index in [1.54, 1.807) is 31.2 Å². The van der Waals surface area contributed by atoms with Crippen LogP contribution in [0.4, 0.5) is 20.2 Å². The van der Waals surface area contributed by atoms with Crippen LogP contribution in [-0.2, 0) is 15.5 Å². The number of benzene rings is 2. The highest BCUT2D eigenvalue weighted by Crippen LogP contribution is 2.30. The summed E-state index contributed by atoms with van der Waals surface area (Å²) < 4.78 is 32.8. The lowest BCUT2D eigenvalue weighted by Crippen LogP contribution is -2.36. The molecule has 164 valence electrons. The Bertz CT molecular complexity index is 1000. The van der Waals surface area contributed by atoms with Gasteiger partial charge in [-0.15, -0.1) is 0 Å². The third kappa shape index (κ3) is 5.07. The van der Waals surface area contributed by atoms with Gasteiger partial charge in [-0.3, -0.25) is 9.59 Å². The fraction of sp³-hybridized carbons (Fsp3) is 0.348. The number of carbonyl (C=O) groups is 2. The molecule has 2 aromatic rings. The first kappa shape index (κ1) is 22.4. The van der Waals surface area contributed by atoms with Crippen molar-refractivity contribution in [2.75, 3.05) is 10.3 Å². The molecule has 0 radical (unpaired) electrons. The van der Waals surface area contributed by atoms with E-state index in [0.717, 1.165) is 13.3 Å². The summed E-state index contributed by atoms with van der Waals surface area (Å²) in [5.41, 5.74) is 0.785. The van der Waals surface area contributed by atoms with Crippen molar-refractivity contribution in [3.05, 3.63) is 54.1 Å². The quantitative estimate of drug-likeness (QED) is 0.633. The smallest absolute Gasteiger partial charge is 0.270 e. The first-order valence-electron chi connectivity index (χ1n) is 10.0. The Hall–Kier alpha value is -3.29. The molecule has 2 amide bonds. The van der Waals surface area contributed by atoms with Gasteiger partial charge in [0.25, 0.3) is 11.8 Å². The molecule has 31 heavy (non-hydrogen) atoms. The van der Waals surface area contributed by atoms with Crippen molar-refractivity contribution in [2.24, 2.45) is 11.0 Å². The third-order valence-corrected chi connectivity index (χ3v) is 5.02. The van der Waals surface area contributed by atoms with Gasteiger partial charge in [0.15, 0.2) is 5.92 Å². The van der Waals surface area contributed by atoms with Crippen LogP contribution in [0.25, 0.3) is 0 Å². The summed E-state index contributed by atoms with van der Waals surface area (Å²) in [6.45, 7) is 6.35. The number of hydrogen-bond acceptors (Lipinski definition) is 4. The lowest BCUT2D eigenvalue weighted by molar-refractivity contribution is -0.127. The van der Waals surface area contributed by atoms with E-state index in [-0.39, 0.29) is 17.4 Å². The zero-order valence-corrected chi connectivity index (χ0v) is 17.9. The molecule has 2 atom stereocenters. The maximum absolute atomic E-state index is 13.6. The Kier molecular flexibility index (Phi) is 6.38. The number of hydrogen-bond donors (Lipinski definition) is 1. The average Bonchev–Trinajstić information content (AvgIpc) is 3.02. The van der Waals surface area contributed by atoms with Crippen LogP contribution in [0.3, 0.4) is 0 Å². The zero-order chi connectivity index (χ0) is 22.8. The molecule has 3 rings (SSSR count). The van der Waals surface area contributed by atoms with Gasteiger partial charge in [0.05, 0.1) is 17.5 Å². The van der Waals surface area contributed by atoms with Crippen molar-refractivity contribution in [2.45, 2.75) is 46.1 Å². The van der Waals surface area contributed by atoms with E-state index in [1.807, 2.05) is 13.8 Å². The van der Waals surface area contributed by atoms with Crippen LogP contribution in [0.2, 0.25) is 0 Å². The van der Waals surface area contributed by atoms with Crippen molar-refractivity contribution in [3.63, 3.8) is 0 Å². The van der Waals surface area contributed by atoms with E-state index in [1.165, 1.54) is 29.3 Å². The molecule has 1 aliphatic heterocycles. The lowest BCUT2D eigenvalue weighted by Gasteiger charge is -2.17. The first-order chi connectivity index (χ1) is 14.6. The summed E-state index contributed by atoms with van der Waals surface area (Å²) >= 11 is 0. The van der Waals surface area contributed by atoms with E-state index >= 15 is 0 Å². The monoisotopic (exact) mass is 429 g/mol. The van der Waals surface area contributed by atoms with Gasteiger partial charge in [0, 0.05) is 18.2 Å². The number of nitrogens with zero attached hydrogens (tertiary/aromatic N) is 2. The van der Waals surface area contributed by atoms with Crippen molar-refractivity contribution >= 4 is 28.9 Å². The van der Waals surface area contributed by atoms with Crippen molar-refractivity contribution in [1.29, 1.82) is 0 Å². The number of anilines is 2. The molecule has 6 nitrogen and oxygen atoms in total. The molecule has 0 bridgehead atoms. The van der Waals surface area contributed by atoms with Gasteiger partial charge in [-0.05, 0) is 56.7 Å². The molecule has 0 saturated heterocycles. The van der Waals surface area contributed by atoms with Crippen LogP contribution >= 0.6 is 0 Å². The second kappa shape index (κ2) is 8.83. The van der Waals surface area contributed by atoms with Gasteiger partial charge in [0.1, 0.15) is 5.75 Å². The maximum atomic E-state index is 13.6. The summed E-state index contributed by atoms with van der Waals surface area (Å²) in [5.74, 6) is -4.64. The Morgan fingerprint density at radius 3 is 2.55 bits per heavy atom.